The van der Waals surface area contributed by atoms with Crippen LogP contribution in [0.15, 0.2) is 29.6 Å². The molecule has 0 atom stereocenters. The molecule has 96 valence electrons. The van der Waals surface area contributed by atoms with E-state index in [1.807, 2.05) is 17.5 Å². The summed E-state index contributed by atoms with van der Waals surface area (Å²) in [6.45, 7) is 0.607. The highest BCUT2D eigenvalue weighted by molar-refractivity contribution is 7.09. The third-order valence-corrected chi connectivity index (χ3v) is 3.53. The van der Waals surface area contributed by atoms with Crippen LogP contribution < -0.4 is 10.6 Å². The number of benzene rings is 1. The van der Waals surface area contributed by atoms with Gasteiger partial charge in [-0.25, -0.2) is 8.78 Å². The van der Waals surface area contributed by atoms with E-state index in [2.05, 4.69) is 0 Å². The van der Waals surface area contributed by atoms with Crippen molar-refractivity contribution in [1.82, 2.24) is 0 Å². The normalized spacial score (nSPS) is 10.7. The van der Waals surface area contributed by atoms with Crippen LogP contribution >= 0.6 is 11.3 Å². The lowest BCUT2D eigenvalue weighted by Crippen LogP contribution is -2.19. The van der Waals surface area contributed by atoms with Gasteiger partial charge in [-0.1, -0.05) is 6.07 Å². The second kappa shape index (κ2) is 5.46. The first-order valence-electron chi connectivity index (χ1n) is 5.53. The molecule has 2 aromatic rings. The molecular weight excluding hydrogens is 254 g/mol. The molecule has 0 spiro atoms. The Bertz CT molecular complexity index is 503. The summed E-state index contributed by atoms with van der Waals surface area (Å²) >= 11 is 1.56. The summed E-state index contributed by atoms with van der Waals surface area (Å²) in [6, 6.07) is 6.41. The zero-order valence-electron chi connectivity index (χ0n) is 9.99. The average molecular weight is 268 g/mol. The summed E-state index contributed by atoms with van der Waals surface area (Å²) < 4.78 is 27.7. The molecule has 0 radical (unpaired) electrons. The molecular formula is C13H14F2N2S. The van der Waals surface area contributed by atoms with Gasteiger partial charge in [0.25, 0.3) is 0 Å². The van der Waals surface area contributed by atoms with Gasteiger partial charge in [-0.05, 0) is 29.1 Å². The highest BCUT2D eigenvalue weighted by Crippen LogP contribution is 2.26. The van der Waals surface area contributed by atoms with E-state index in [4.69, 9.17) is 5.73 Å². The summed E-state index contributed by atoms with van der Waals surface area (Å²) in [6.07, 6.45) is 0. The molecule has 0 saturated carbocycles. The van der Waals surface area contributed by atoms with Gasteiger partial charge in [0.1, 0.15) is 17.3 Å². The second-order valence-corrected chi connectivity index (χ2v) is 5.08. The monoisotopic (exact) mass is 268 g/mol. The average Bonchev–Trinajstić information content (AvgIpc) is 2.80. The number of halogens is 2. The quantitative estimate of drug-likeness (QED) is 0.923. The molecule has 0 unspecified atom stereocenters. The first kappa shape index (κ1) is 13.0. The number of thiophene rings is 1. The van der Waals surface area contributed by atoms with Crippen LogP contribution in [0.1, 0.15) is 10.4 Å². The van der Waals surface area contributed by atoms with Gasteiger partial charge in [0.15, 0.2) is 0 Å². The van der Waals surface area contributed by atoms with Crippen LogP contribution in [0.3, 0.4) is 0 Å². The Morgan fingerprint density at radius 2 is 1.94 bits per heavy atom. The largest absolute Gasteiger partial charge is 0.365 e. The number of nitrogens with zero attached hydrogens (tertiary/aromatic N) is 1. The molecule has 1 aromatic carbocycles. The van der Waals surface area contributed by atoms with E-state index >= 15 is 0 Å². The molecule has 2 rings (SSSR count). The maximum absolute atomic E-state index is 13.8. The molecule has 2 N–H and O–H groups in total. The Morgan fingerprint density at radius 3 is 2.44 bits per heavy atom. The van der Waals surface area contributed by atoms with E-state index in [0.717, 1.165) is 4.88 Å². The zero-order chi connectivity index (χ0) is 13.1. The van der Waals surface area contributed by atoms with Crippen LogP contribution in [-0.4, -0.2) is 7.05 Å². The van der Waals surface area contributed by atoms with E-state index in [1.54, 1.807) is 23.3 Å². The minimum atomic E-state index is -0.575. The van der Waals surface area contributed by atoms with Gasteiger partial charge in [-0.15, -0.1) is 11.3 Å². The lowest BCUT2D eigenvalue weighted by molar-refractivity contribution is 0.573. The van der Waals surface area contributed by atoms with Crippen molar-refractivity contribution in [1.29, 1.82) is 0 Å². The molecule has 0 aliphatic heterocycles. The maximum atomic E-state index is 13.8. The molecule has 5 heteroatoms. The zero-order valence-corrected chi connectivity index (χ0v) is 10.8. The number of anilines is 1. The highest BCUT2D eigenvalue weighted by Gasteiger charge is 2.15. The number of hydrogen-bond donors (Lipinski definition) is 1. The topological polar surface area (TPSA) is 29.3 Å². The predicted octanol–water partition coefficient (Wildman–Crippen LogP) is 3.12. The molecule has 2 nitrogen and oxygen atoms in total. The van der Waals surface area contributed by atoms with Gasteiger partial charge in [0.05, 0.1) is 6.54 Å². The van der Waals surface area contributed by atoms with E-state index in [-0.39, 0.29) is 12.2 Å². The lowest BCUT2D eigenvalue weighted by Gasteiger charge is -2.20. The van der Waals surface area contributed by atoms with Crippen molar-refractivity contribution in [3.63, 3.8) is 0 Å². The van der Waals surface area contributed by atoms with Crippen LogP contribution in [0.4, 0.5) is 14.5 Å². The van der Waals surface area contributed by atoms with Gasteiger partial charge in [0.2, 0.25) is 0 Å². The van der Waals surface area contributed by atoms with Crippen molar-refractivity contribution in [3.05, 3.63) is 51.7 Å². The van der Waals surface area contributed by atoms with Crippen molar-refractivity contribution in [2.24, 2.45) is 5.73 Å². The summed E-state index contributed by atoms with van der Waals surface area (Å²) in [5.74, 6) is -1.15. The van der Waals surface area contributed by atoms with Gasteiger partial charge < -0.3 is 10.6 Å². The molecule has 0 bridgehead atoms. The third kappa shape index (κ3) is 2.68. The Kier molecular flexibility index (Phi) is 3.93. The van der Waals surface area contributed by atoms with Crippen molar-refractivity contribution >= 4 is 17.0 Å². The Hall–Kier alpha value is -1.46. The molecule has 1 aromatic heterocycles. The van der Waals surface area contributed by atoms with Crippen molar-refractivity contribution in [2.45, 2.75) is 13.1 Å². The third-order valence-electron chi connectivity index (χ3n) is 2.67. The first-order chi connectivity index (χ1) is 8.61. The fourth-order valence-electron chi connectivity index (χ4n) is 1.82. The predicted molar refractivity (Wildman–Crippen MR) is 70.7 cm³/mol. The molecule has 0 fully saturated rings. The Morgan fingerprint density at radius 1 is 1.28 bits per heavy atom. The number of nitrogens with two attached hydrogens (primary N) is 1. The van der Waals surface area contributed by atoms with Crippen LogP contribution in [-0.2, 0) is 13.1 Å². The second-order valence-electron chi connectivity index (χ2n) is 4.05. The van der Waals surface area contributed by atoms with Crippen LogP contribution in [0.25, 0.3) is 0 Å². The van der Waals surface area contributed by atoms with Gasteiger partial charge in [-0.2, -0.15) is 0 Å². The minimum absolute atomic E-state index is 0.0133. The maximum Gasteiger partial charge on any atom is 0.149 e. The van der Waals surface area contributed by atoms with Crippen LogP contribution in [0.2, 0.25) is 0 Å². The summed E-state index contributed by atoms with van der Waals surface area (Å²) in [5.41, 5.74) is 5.82. The van der Waals surface area contributed by atoms with Gasteiger partial charge in [-0.3, -0.25) is 0 Å². The minimum Gasteiger partial charge on any atom is -0.365 e. The molecule has 1 heterocycles. The van der Waals surface area contributed by atoms with Crippen LogP contribution in [0, 0.1) is 11.6 Å². The standard InChI is InChI=1S/C13H14F2N2S/c1-17(8-10-3-2-4-18-10)13-11(14)5-9(7-16)6-12(13)15/h2-6H,7-8,16H2,1H3. The Balaban J connectivity index is 2.27. The summed E-state index contributed by atoms with van der Waals surface area (Å²) in [5, 5.41) is 1.94. The smallest absolute Gasteiger partial charge is 0.149 e. The fourth-order valence-corrected chi connectivity index (χ4v) is 2.57. The van der Waals surface area contributed by atoms with E-state index in [1.165, 1.54) is 12.1 Å². The highest BCUT2D eigenvalue weighted by atomic mass is 32.1. The number of rotatable bonds is 4. The van der Waals surface area contributed by atoms with E-state index < -0.39 is 11.6 Å². The molecule has 0 aliphatic carbocycles. The molecule has 18 heavy (non-hydrogen) atoms. The van der Waals surface area contributed by atoms with Crippen LogP contribution in [0.5, 0.6) is 0 Å². The summed E-state index contributed by atoms with van der Waals surface area (Å²) in [7, 11) is 1.67. The molecule has 0 amide bonds. The Labute approximate surface area is 109 Å². The van der Waals surface area contributed by atoms with E-state index in [9.17, 15) is 8.78 Å². The van der Waals surface area contributed by atoms with Crippen molar-refractivity contribution in [3.8, 4) is 0 Å². The fraction of sp³-hybridized carbons (Fsp3) is 0.231. The molecule has 0 saturated heterocycles. The summed E-state index contributed by atoms with van der Waals surface area (Å²) in [4.78, 5) is 2.62. The molecule has 0 aliphatic rings. The first-order valence-corrected chi connectivity index (χ1v) is 6.41. The van der Waals surface area contributed by atoms with E-state index in [0.29, 0.717) is 12.1 Å². The SMILES string of the molecule is CN(Cc1cccs1)c1c(F)cc(CN)cc1F. The number of hydrogen-bond acceptors (Lipinski definition) is 3. The van der Waals surface area contributed by atoms with Crippen molar-refractivity contribution < 1.29 is 8.78 Å². The van der Waals surface area contributed by atoms with Crippen molar-refractivity contribution in [2.75, 3.05) is 11.9 Å². The van der Waals surface area contributed by atoms with Gasteiger partial charge >= 0.3 is 0 Å². The van der Waals surface area contributed by atoms with Gasteiger partial charge in [0, 0.05) is 18.5 Å². The lowest BCUT2D eigenvalue weighted by atomic mass is 10.1.